The molecule has 1 aromatic carbocycles. The number of hydrogen-bond acceptors (Lipinski definition) is 1. The van der Waals surface area contributed by atoms with Gasteiger partial charge in [0.05, 0.1) is 5.69 Å². The van der Waals surface area contributed by atoms with Crippen LogP contribution in [0, 0.1) is 0 Å². The molecule has 2 heteroatoms. The highest BCUT2D eigenvalue weighted by Crippen LogP contribution is 2.27. The van der Waals surface area contributed by atoms with Gasteiger partial charge in [-0.1, -0.05) is 30.9 Å². The predicted octanol–water partition coefficient (Wildman–Crippen LogP) is 3.88. The summed E-state index contributed by atoms with van der Waals surface area (Å²) in [6.07, 6.45) is 5.53. The van der Waals surface area contributed by atoms with Crippen molar-refractivity contribution in [2.24, 2.45) is 7.05 Å². The Balaban J connectivity index is 2.24. The number of nitrogens with zero attached hydrogens (tertiary/aromatic N) is 2. The Hall–Kier alpha value is -2.35. The summed E-state index contributed by atoms with van der Waals surface area (Å²) in [7, 11) is 2.08. The minimum atomic E-state index is 1.04. The van der Waals surface area contributed by atoms with Crippen molar-refractivity contribution in [1.82, 2.24) is 9.55 Å². The summed E-state index contributed by atoms with van der Waals surface area (Å²) in [4.78, 5) is 4.26. The van der Waals surface area contributed by atoms with Crippen LogP contribution in [0.15, 0.2) is 55.4 Å². The van der Waals surface area contributed by atoms with E-state index < -0.39 is 0 Å². The van der Waals surface area contributed by atoms with Gasteiger partial charge in [-0.2, -0.15) is 0 Å². The lowest BCUT2D eigenvalue weighted by Gasteiger charge is -2.04. The minimum absolute atomic E-state index is 1.04. The molecule has 2 nitrogen and oxygen atoms in total. The third-order valence-electron chi connectivity index (χ3n) is 3.24. The molecule has 88 valence electrons. The SMILES string of the molecule is C=Cc1cncc(-c2cc3ccccc3n2C)c1. The zero-order chi connectivity index (χ0) is 12.5. The first-order valence-electron chi connectivity index (χ1n) is 5.92. The van der Waals surface area contributed by atoms with Crippen molar-refractivity contribution in [3.8, 4) is 11.3 Å². The van der Waals surface area contributed by atoms with Crippen LogP contribution >= 0.6 is 0 Å². The third-order valence-corrected chi connectivity index (χ3v) is 3.24. The van der Waals surface area contributed by atoms with Crippen molar-refractivity contribution in [2.45, 2.75) is 0 Å². The largest absolute Gasteiger partial charge is 0.344 e. The molecule has 18 heavy (non-hydrogen) atoms. The van der Waals surface area contributed by atoms with Crippen LogP contribution in [0.3, 0.4) is 0 Å². The second-order valence-electron chi connectivity index (χ2n) is 4.36. The molecule has 2 aromatic heterocycles. The average molecular weight is 234 g/mol. The zero-order valence-corrected chi connectivity index (χ0v) is 10.3. The third kappa shape index (κ3) is 1.63. The maximum Gasteiger partial charge on any atom is 0.0504 e. The summed E-state index contributed by atoms with van der Waals surface area (Å²) in [6.45, 7) is 3.78. The van der Waals surface area contributed by atoms with Crippen LogP contribution in [-0.2, 0) is 7.05 Å². The highest BCUT2D eigenvalue weighted by atomic mass is 14.9. The summed E-state index contributed by atoms with van der Waals surface area (Å²) < 4.78 is 2.19. The number of aryl methyl sites for hydroxylation is 1. The van der Waals surface area contributed by atoms with Gasteiger partial charge >= 0.3 is 0 Å². The molecule has 0 radical (unpaired) electrons. The summed E-state index contributed by atoms with van der Waals surface area (Å²) in [5.41, 5.74) is 4.56. The molecule has 0 aliphatic carbocycles. The van der Waals surface area contributed by atoms with Gasteiger partial charge in [0.1, 0.15) is 0 Å². The second-order valence-corrected chi connectivity index (χ2v) is 4.36. The van der Waals surface area contributed by atoms with Gasteiger partial charge in [0.2, 0.25) is 0 Å². The number of rotatable bonds is 2. The molecule has 0 saturated heterocycles. The molecule has 0 N–H and O–H groups in total. The number of aromatic nitrogens is 2. The molecule has 0 saturated carbocycles. The molecule has 0 atom stereocenters. The van der Waals surface area contributed by atoms with Crippen LogP contribution in [0.2, 0.25) is 0 Å². The number of para-hydroxylation sites is 1. The van der Waals surface area contributed by atoms with Crippen LogP contribution in [0.5, 0.6) is 0 Å². The second kappa shape index (κ2) is 4.15. The van der Waals surface area contributed by atoms with Crippen molar-refractivity contribution in [3.05, 3.63) is 60.9 Å². The van der Waals surface area contributed by atoms with Crippen molar-refractivity contribution in [3.63, 3.8) is 0 Å². The van der Waals surface area contributed by atoms with E-state index in [1.165, 1.54) is 16.6 Å². The maximum atomic E-state index is 4.26. The Morgan fingerprint density at radius 1 is 1.17 bits per heavy atom. The minimum Gasteiger partial charge on any atom is -0.344 e. The first kappa shape index (κ1) is 10.8. The molecule has 2 heterocycles. The van der Waals surface area contributed by atoms with E-state index >= 15 is 0 Å². The first-order chi connectivity index (χ1) is 8.79. The summed E-state index contributed by atoms with van der Waals surface area (Å²) in [5, 5.41) is 1.25. The standard InChI is InChI=1S/C16H14N2/c1-3-12-8-14(11-17-10-12)16-9-13-6-4-5-7-15(13)18(16)2/h3-11H,1H2,2H3. The molecule has 3 rings (SSSR count). The van der Waals surface area contributed by atoms with Gasteiger partial charge in [-0.05, 0) is 23.8 Å². The summed E-state index contributed by atoms with van der Waals surface area (Å²) in [5.74, 6) is 0. The summed E-state index contributed by atoms with van der Waals surface area (Å²) in [6, 6.07) is 12.7. The van der Waals surface area contributed by atoms with Gasteiger partial charge in [0.25, 0.3) is 0 Å². The molecule has 0 spiro atoms. The van der Waals surface area contributed by atoms with Crippen molar-refractivity contribution >= 4 is 17.0 Å². The lowest BCUT2D eigenvalue weighted by atomic mass is 10.1. The van der Waals surface area contributed by atoms with Gasteiger partial charge in [0.15, 0.2) is 0 Å². The van der Waals surface area contributed by atoms with E-state index in [-0.39, 0.29) is 0 Å². The Bertz CT molecular complexity index is 723. The Kier molecular flexibility index (Phi) is 2.49. The average Bonchev–Trinajstić information content (AvgIpc) is 2.77. The molecule has 0 bridgehead atoms. The van der Waals surface area contributed by atoms with Gasteiger partial charge in [-0.15, -0.1) is 0 Å². The lowest BCUT2D eigenvalue weighted by molar-refractivity contribution is 0.976. The topological polar surface area (TPSA) is 17.8 Å². The smallest absolute Gasteiger partial charge is 0.0504 e. The molecule has 0 aliphatic rings. The fourth-order valence-corrected chi connectivity index (χ4v) is 2.28. The molecular weight excluding hydrogens is 220 g/mol. The Morgan fingerprint density at radius 3 is 2.78 bits per heavy atom. The highest BCUT2D eigenvalue weighted by Gasteiger charge is 2.07. The van der Waals surface area contributed by atoms with Crippen LogP contribution in [0.1, 0.15) is 5.56 Å². The van der Waals surface area contributed by atoms with Crippen LogP contribution < -0.4 is 0 Å². The molecule has 0 amide bonds. The van der Waals surface area contributed by atoms with Crippen LogP contribution in [-0.4, -0.2) is 9.55 Å². The quantitative estimate of drug-likeness (QED) is 0.658. The summed E-state index contributed by atoms with van der Waals surface area (Å²) >= 11 is 0. The fourth-order valence-electron chi connectivity index (χ4n) is 2.28. The monoisotopic (exact) mass is 234 g/mol. The first-order valence-corrected chi connectivity index (χ1v) is 5.92. The molecule has 0 aliphatic heterocycles. The van der Waals surface area contributed by atoms with Gasteiger partial charge in [-0.25, -0.2) is 0 Å². The highest BCUT2D eigenvalue weighted by molar-refractivity contribution is 5.87. The Labute approximate surface area is 106 Å². The fraction of sp³-hybridized carbons (Fsp3) is 0.0625. The molecule has 0 fully saturated rings. The number of pyridine rings is 1. The van der Waals surface area contributed by atoms with E-state index in [4.69, 9.17) is 0 Å². The van der Waals surface area contributed by atoms with E-state index in [1.807, 2.05) is 18.5 Å². The van der Waals surface area contributed by atoms with Crippen molar-refractivity contribution in [2.75, 3.05) is 0 Å². The van der Waals surface area contributed by atoms with E-state index in [0.717, 1.165) is 11.1 Å². The van der Waals surface area contributed by atoms with E-state index in [9.17, 15) is 0 Å². The zero-order valence-electron chi connectivity index (χ0n) is 10.3. The lowest BCUT2D eigenvalue weighted by Crippen LogP contribution is -1.92. The van der Waals surface area contributed by atoms with Crippen molar-refractivity contribution < 1.29 is 0 Å². The van der Waals surface area contributed by atoms with Crippen LogP contribution in [0.4, 0.5) is 0 Å². The number of hydrogen-bond donors (Lipinski definition) is 0. The predicted molar refractivity (Wildman–Crippen MR) is 76.2 cm³/mol. The Morgan fingerprint density at radius 2 is 2.00 bits per heavy atom. The van der Waals surface area contributed by atoms with Crippen LogP contribution in [0.25, 0.3) is 28.2 Å². The van der Waals surface area contributed by atoms with Gasteiger partial charge in [0, 0.05) is 35.9 Å². The molecular formula is C16H14N2. The van der Waals surface area contributed by atoms with E-state index in [1.54, 1.807) is 0 Å². The van der Waals surface area contributed by atoms with Crippen molar-refractivity contribution in [1.29, 1.82) is 0 Å². The van der Waals surface area contributed by atoms with E-state index in [0.29, 0.717) is 0 Å². The molecule has 3 aromatic rings. The van der Waals surface area contributed by atoms with E-state index in [2.05, 4.69) is 59.6 Å². The maximum absolute atomic E-state index is 4.26. The van der Waals surface area contributed by atoms with Gasteiger partial charge < -0.3 is 4.57 Å². The number of fused-ring (bicyclic) bond motifs is 1. The number of benzene rings is 1. The molecule has 0 unspecified atom stereocenters. The normalized spacial score (nSPS) is 10.7. The van der Waals surface area contributed by atoms with Gasteiger partial charge in [-0.3, -0.25) is 4.98 Å².